The zero-order chi connectivity index (χ0) is 26.9. The fourth-order valence-electron chi connectivity index (χ4n) is 4.44. The van der Waals surface area contributed by atoms with E-state index in [2.05, 4.69) is 4.99 Å². The Balaban J connectivity index is 1.78. The molecule has 2 N–H and O–H groups in total. The highest BCUT2D eigenvalue weighted by atomic mass is 32.2. The summed E-state index contributed by atoms with van der Waals surface area (Å²) in [5.41, 5.74) is 3.98. The number of carbonyl (C=O) groups is 2. The Kier molecular flexibility index (Phi) is 7.39. The van der Waals surface area contributed by atoms with E-state index in [4.69, 9.17) is 19.6 Å². The third-order valence-electron chi connectivity index (χ3n) is 6.14. The molecule has 9 nitrogen and oxygen atoms in total. The molecule has 3 aromatic rings. The van der Waals surface area contributed by atoms with E-state index in [0.717, 1.165) is 5.56 Å². The van der Waals surface area contributed by atoms with Gasteiger partial charge in [0, 0.05) is 33.8 Å². The van der Waals surface area contributed by atoms with Crippen molar-refractivity contribution >= 4 is 39.0 Å². The molecule has 0 fully saturated rings. The lowest BCUT2D eigenvalue weighted by Crippen LogP contribution is -2.36. The number of nitrogens with two attached hydrogens (primary N) is 1. The van der Waals surface area contributed by atoms with Gasteiger partial charge in [0.25, 0.3) is 0 Å². The summed E-state index contributed by atoms with van der Waals surface area (Å²) >= 11 is 1.38. The number of allylic oxidation sites excluding steroid dienone is 1. The molecule has 2 aromatic carbocycles. The number of rotatable bonds is 6. The Labute approximate surface area is 218 Å². The first-order valence-electron chi connectivity index (χ1n) is 11.2. The van der Waals surface area contributed by atoms with Gasteiger partial charge in [-0.1, -0.05) is 30.3 Å². The molecule has 0 spiro atoms. The molecule has 2 unspecified atom stereocenters. The Hall–Kier alpha value is -3.67. The molecular weight excluding hydrogens is 514 g/mol. The standard InChI is InChI=1S/C26H25N3O6S2/c1-14-21(25(30)34-3)23(22(15(2)28-14)26(31)35-4)17-8-5-9-18(11-17)24-29-20(13-36-24)16-7-6-10-19(12-16)37(27,32)33/h5-13,21,23H,1-4H3,(H2,27,32,33). The number of thiazole rings is 1. The summed E-state index contributed by atoms with van der Waals surface area (Å²) in [6, 6.07) is 13.7. The van der Waals surface area contributed by atoms with E-state index < -0.39 is 33.8 Å². The van der Waals surface area contributed by atoms with Crippen LogP contribution in [0.25, 0.3) is 21.8 Å². The number of aromatic nitrogens is 1. The normalized spacial score (nSPS) is 17.8. The van der Waals surface area contributed by atoms with Crippen molar-refractivity contribution in [2.45, 2.75) is 24.7 Å². The number of benzene rings is 2. The van der Waals surface area contributed by atoms with Gasteiger partial charge in [0.1, 0.15) is 10.9 Å². The molecular formula is C26H25N3O6S2. The van der Waals surface area contributed by atoms with Crippen LogP contribution in [0, 0.1) is 5.92 Å². The van der Waals surface area contributed by atoms with Crippen molar-refractivity contribution < 1.29 is 27.5 Å². The van der Waals surface area contributed by atoms with Gasteiger partial charge < -0.3 is 9.47 Å². The second-order valence-electron chi connectivity index (χ2n) is 8.46. The molecule has 2 heterocycles. The number of carbonyl (C=O) groups excluding carboxylic acids is 2. The second-order valence-corrected chi connectivity index (χ2v) is 10.9. The van der Waals surface area contributed by atoms with Crippen LogP contribution in [-0.2, 0) is 29.1 Å². The zero-order valence-corrected chi connectivity index (χ0v) is 22.2. The summed E-state index contributed by atoms with van der Waals surface area (Å²) in [7, 11) is -1.26. The van der Waals surface area contributed by atoms with Crippen molar-refractivity contribution in [1.29, 1.82) is 0 Å². The Bertz CT molecular complexity index is 1560. The molecule has 4 rings (SSSR count). The SMILES string of the molecule is COC(=O)C1=C(C)N=C(C)C(C(=O)OC)C1c1cccc(-c2nc(-c3cccc(S(N)(=O)=O)c3)cs2)c1. The predicted molar refractivity (Wildman–Crippen MR) is 140 cm³/mol. The third-order valence-corrected chi connectivity index (χ3v) is 7.95. The van der Waals surface area contributed by atoms with Crippen LogP contribution in [0.2, 0.25) is 0 Å². The Morgan fingerprint density at radius 2 is 1.70 bits per heavy atom. The molecule has 1 aliphatic heterocycles. The van der Waals surface area contributed by atoms with Crippen LogP contribution in [0.5, 0.6) is 0 Å². The van der Waals surface area contributed by atoms with Gasteiger partial charge in [-0.15, -0.1) is 11.3 Å². The van der Waals surface area contributed by atoms with E-state index in [0.29, 0.717) is 38.8 Å². The minimum absolute atomic E-state index is 0.00206. The molecule has 2 atom stereocenters. The van der Waals surface area contributed by atoms with E-state index in [9.17, 15) is 18.0 Å². The summed E-state index contributed by atoms with van der Waals surface area (Å²) in [5, 5.41) is 7.77. The maximum Gasteiger partial charge on any atom is 0.336 e. The highest BCUT2D eigenvalue weighted by Gasteiger charge is 2.42. The first kappa shape index (κ1) is 26.4. The third kappa shape index (κ3) is 5.24. The molecule has 0 amide bonds. The number of primary sulfonamides is 1. The van der Waals surface area contributed by atoms with Crippen LogP contribution in [0.4, 0.5) is 0 Å². The number of hydrogen-bond acceptors (Lipinski definition) is 9. The van der Waals surface area contributed by atoms with Crippen molar-refractivity contribution in [1.82, 2.24) is 4.98 Å². The topological polar surface area (TPSA) is 138 Å². The van der Waals surface area contributed by atoms with E-state index in [1.54, 1.807) is 26.0 Å². The van der Waals surface area contributed by atoms with Crippen LogP contribution in [-0.4, -0.2) is 45.3 Å². The highest BCUT2D eigenvalue weighted by Crippen LogP contribution is 2.41. The predicted octanol–water partition coefficient (Wildman–Crippen LogP) is 3.92. The number of ether oxygens (including phenoxy) is 2. The molecule has 1 aliphatic rings. The molecule has 0 bridgehead atoms. The van der Waals surface area contributed by atoms with Gasteiger partial charge in [-0.2, -0.15) is 0 Å². The van der Waals surface area contributed by atoms with Crippen molar-refractivity contribution in [2.75, 3.05) is 14.2 Å². The van der Waals surface area contributed by atoms with E-state index in [1.807, 2.05) is 29.6 Å². The van der Waals surface area contributed by atoms with Crippen LogP contribution in [0.15, 0.2) is 75.1 Å². The number of aliphatic imine (C=N–C) groups is 1. The van der Waals surface area contributed by atoms with Gasteiger partial charge >= 0.3 is 11.9 Å². The number of esters is 2. The van der Waals surface area contributed by atoms with Crippen LogP contribution >= 0.6 is 11.3 Å². The van der Waals surface area contributed by atoms with Gasteiger partial charge in [0.2, 0.25) is 10.0 Å². The summed E-state index contributed by atoms with van der Waals surface area (Å²) in [4.78, 5) is 34.7. The van der Waals surface area contributed by atoms with Gasteiger partial charge in [-0.05, 0) is 37.6 Å². The smallest absolute Gasteiger partial charge is 0.336 e. The molecule has 1 aromatic heterocycles. The minimum atomic E-state index is -3.85. The maximum absolute atomic E-state index is 12.8. The summed E-state index contributed by atoms with van der Waals surface area (Å²) < 4.78 is 33.6. The van der Waals surface area contributed by atoms with Gasteiger partial charge in [-0.3, -0.25) is 9.79 Å². The molecule has 0 saturated heterocycles. The van der Waals surface area contributed by atoms with E-state index in [-0.39, 0.29) is 4.90 Å². The Morgan fingerprint density at radius 3 is 2.38 bits per heavy atom. The van der Waals surface area contributed by atoms with Gasteiger partial charge in [-0.25, -0.2) is 23.3 Å². The molecule has 11 heteroatoms. The lowest BCUT2D eigenvalue weighted by molar-refractivity contribution is -0.143. The number of methoxy groups -OCH3 is 2. The quantitative estimate of drug-likeness (QED) is 0.469. The van der Waals surface area contributed by atoms with Gasteiger partial charge in [0.05, 0.1) is 30.4 Å². The van der Waals surface area contributed by atoms with Crippen LogP contribution in [0.3, 0.4) is 0 Å². The molecule has 0 aliphatic carbocycles. The first-order chi connectivity index (χ1) is 17.5. The van der Waals surface area contributed by atoms with E-state index >= 15 is 0 Å². The van der Waals surface area contributed by atoms with Crippen molar-refractivity contribution in [2.24, 2.45) is 16.0 Å². The summed E-state index contributed by atoms with van der Waals surface area (Å²) in [6.45, 7) is 3.45. The Morgan fingerprint density at radius 1 is 1.00 bits per heavy atom. The van der Waals surface area contributed by atoms with Crippen molar-refractivity contribution in [3.63, 3.8) is 0 Å². The fourth-order valence-corrected chi connectivity index (χ4v) is 5.83. The highest BCUT2D eigenvalue weighted by molar-refractivity contribution is 7.89. The lowest BCUT2D eigenvalue weighted by atomic mass is 9.75. The summed E-state index contributed by atoms with van der Waals surface area (Å²) in [5.74, 6) is -2.53. The minimum Gasteiger partial charge on any atom is -0.468 e. The average molecular weight is 540 g/mol. The van der Waals surface area contributed by atoms with Crippen LogP contribution < -0.4 is 5.14 Å². The summed E-state index contributed by atoms with van der Waals surface area (Å²) in [6.07, 6.45) is 0. The molecule has 192 valence electrons. The molecule has 37 heavy (non-hydrogen) atoms. The van der Waals surface area contributed by atoms with Crippen molar-refractivity contribution in [3.8, 4) is 21.8 Å². The average Bonchev–Trinajstić information content (AvgIpc) is 3.37. The van der Waals surface area contributed by atoms with Crippen LogP contribution in [0.1, 0.15) is 25.3 Å². The van der Waals surface area contributed by atoms with E-state index in [1.165, 1.54) is 37.7 Å². The second kappa shape index (κ2) is 10.4. The molecule has 0 radical (unpaired) electrons. The lowest BCUT2D eigenvalue weighted by Gasteiger charge is -2.31. The number of sulfonamides is 1. The first-order valence-corrected chi connectivity index (χ1v) is 13.6. The largest absolute Gasteiger partial charge is 0.468 e. The monoisotopic (exact) mass is 539 g/mol. The number of hydrogen-bond donors (Lipinski definition) is 1. The van der Waals surface area contributed by atoms with Gasteiger partial charge in [0.15, 0.2) is 0 Å². The zero-order valence-electron chi connectivity index (χ0n) is 20.6. The fraction of sp³-hybridized carbons (Fsp3) is 0.231. The maximum atomic E-state index is 12.8. The molecule has 0 saturated carbocycles. The van der Waals surface area contributed by atoms with Crippen molar-refractivity contribution in [3.05, 3.63) is 70.7 Å². The number of nitrogens with zero attached hydrogens (tertiary/aromatic N) is 2.